The second kappa shape index (κ2) is 10.9. The van der Waals surface area contributed by atoms with Gasteiger partial charge in [0, 0.05) is 6.08 Å². The Morgan fingerprint density at radius 3 is 2.34 bits per heavy atom. The van der Waals surface area contributed by atoms with Gasteiger partial charge in [-0.05, 0) is 43.5 Å². The van der Waals surface area contributed by atoms with Crippen LogP contribution in [0.1, 0.15) is 33.3 Å². The van der Waals surface area contributed by atoms with Crippen LogP contribution < -0.4 is 15.4 Å². The molecule has 2 atom stereocenters. The van der Waals surface area contributed by atoms with Crippen LogP contribution in [-0.2, 0) is 19.1 Å². The van der Waals surface area contributed by atoms with Crippen molar-refractivity contribution >= 4 is 23.9 Å². The van der Waals surface area contributed by atoms with Crippen molar-refractivity contribution in [1.29, 1.82) is 5.26 Å². The van der Waals surface area contributed by atoms with Gasteiger partial charge in [-0.1, -0.05) is 26.0 Å². The predicted molar refractivity (Wildman–Crippen MR) is 108 cm³/mol. The molecule has 0 aliphatic heterocycles. The lowest BCUT2D eigenvalue weighted by atomic mass is 9.90. The third kappa shape index (κ3) is 7.66. The molecule has 29 heavy (non-hydrogen) atoms. The van der Waals surface area contributed by atoms with E-state index in [0.717, 1.165) is 5.56 Å². The van der Waals surface area contributed by atoms with Gasteiger partial charge in [0.05, 0.1) is 13.2 Å². The van der Waals surface area contributed by atoms with E-state index in [2.05, 4.69) is 10.6 Å². The maximum absolute atomic E-state index is 12.0. The molecule has 0 heterocycles. The monoisotopic (exact) mass is 401 g/mol. The summed E-state index contributed by atoms with van der Waals surface area (Å²) in [5.41, 5.74) is -0.270. The largest absolute Gasteiger partial charge is 0.497 e. The van der Waals surface area contributed by atoms with Gasteiger partial charge < -0.3 is 20.1 Å². The summed E-state index contributed by atoms with van der Waals surface area (Å²) in [7, 11) is 1.56. The van der Waals surface area contributed by atoms with Crippen molar-refractivity contribution in [3.05, 3.63) is 35.9 Å². The number of ether oxygens (including phenoxy) is 2. The van der Waals surface area contributed by atoms with E-state index in [0.29, 0.717) is 5.75 Å². The fraction of sp³-hybridized carbons (Fsp3) is 0.429. The third-order valence-corrected chi connectivity index (χ3v) is 4.39. The SMILES string of the molecule is COc1ccc(/C=C/C(=O)N[C@H](C)C(=O)OCC(=O)N[C@](C)(C#N)C(C)C)cc1. The van der Waals surface area contributed by atoms with Crippen molar-refractivity contribution in [2.75, 3.05) is 13.7 Å². The van der Waals surface area contributed by atoms with Crippen molar-refractivity contribution in [2.24, 2.45) is 5.92 Å². The molecule has 156 valence electrons. The van der Waals surface area contributed by atoms with Gasteiger partial charge in [0.25, 0.3) is 5.91 Å². The Bertz CT molecular complexity index is 796. The molecule has 0 aliphatic carbocycles. The lowest BCUT2D eigenvalue weighted by Gasteiger charge is -2.27. The molecular weight excluding hydrogens is 374 g/mol. The molecule has 8 nitrogen and oxygen atoms in total. The number of carbonyl (C=O) groups is 3. The van der Waals surface area contributed by atoms with Gasteiger partial charge in [0.2, 0.25) is 5.91 Å². The zero-order chi connectivity index (χ0) is 22.0. The van der Waals surface area contributed by atoms with E-state index in [1.54, 1.807) is 58.2 Å². The minimum absolute atomic E-state index is 0.122. The van der Waals surface area contributed by atoms with Crippen LogP contribution in [0.25, 0.3) is 6.08 Å². The first-order valence-electron chi connectivity index (χ1n) is 9.12. The quantitative estimate of drug-likeness (QED) is 0.481. The summed E-state index contributed by atoms with van der Waals surface area (Å²) in [6.45, 7) is 6.10. The maximum atomic E-state index is 12.0. The van der Waals surface area contributed by atoms with Crippen molar-refractivity contribution in [3.8, 4) is 11.8 Å². The molecule has 0 unspecified atom stereocenters. The first-order valence-corrected chi connectivity index (χ1v) is 9.12. The molecule has 0 aromatic heterocycles. The Balaban J connectivity index is 2.48. The number of amides is 2. The lowest BCUT2D eigenvalue weighted by molar-refractivity contribution is -0.151. The van der Waals surface area contributed by atoms with E-state index in [4.69, 9.17) is 9.47 Å². The molecule has 0 saturated heterocycles. The third-order valence-electron chi connectivity index (χ3n) is 4.39. The van der Waals surface area contributed by atoms with Crippen LogP contribution in [-0.4, -0.2) is 43.1 Å². The molecule has 0 aliphatic rings. The van der Waals surface area contributed by atoms with Crippen molar-refractivity contribution in [3.63, 3.8) is 0 Å². The van der Waals surface area contributed by atoms with Crippen LogP contribution >= 0.6 is 0 Å². The van der Waals surface area contributed by atoms with Gasteiger partial charge in [-0.15, -0.1) is 0 Å². The van der Waals surface area contributed by atoms with Gasteiger partial charge >= 0.3 is 5.97 Å². The summed E-state index contributed by atoms with van der Waals surface area (Å²) in [5, 5.41) is 14.2. The van der Waals surface area contributed by atoms with Crippen LogP contribution in [0.5, 0.6) is 5.75 Å². The van der Waals surface area contributed by atoms with E-state index >= 15 is 0 Å². The number of methoxy groups -OCH3 is 1. The summed E-state index contributed by atoms with van der Waals surface area (Å²) in [5.74, 6) is -1.24. The Kier molecular flexibility index (Phi) is 8.87. The molecule has 2 N–H and O–H groups in total. The number of nitrogens with one attached hydrogen (secondary N) is 2. The zero-order valence-electron chi connectivity index (χ0n) is 17.3. The van der Waals surface area contributed by atoms with E-state index in [-0.39, 0.29) is 5.92 Å². The maximum Gasteiger partial charge on any atom is 0.328 e. The van der Waals surface area contributed by atoms with E-state index in [1.165, 1.54) is 13.0 Å². The molecule has 0 saturated carbocycles. The Morgan fingerprint density at radius 1 is 1.21 bits per heavy atom. The molecule has 0 radical (unpaired) electrons. The van der Waals surface area contributed by atoms with Crippen LogP contribution in [0.3, 0.4) is 0 Å². The highest BCUT2D eigenvalue weighted by Gasteiger charge is 2.30. The summed E-state index contributed by atoms with van der Waals surface area (Å²) in [6, 6.07) is 8.19. The number of rotatable bonds is 9. The van der Waals surface area contributed by atoms with E-state index in [9.17, 15) is 19.6 Å². The highest BCUT2D eigenvalue weighted by Crippen LogP contribution is 2.15. The summed E-state index contributed by atoms with van der Waals surface area (Å²) in [6.07, 6.45) is 2.88. The molecule has 0 spiro atoms. The van der Waals surface area contributed by atoms with Crippen molar-refractivity contribution in [2.45, 2.75) is 39.3 Å². The molecule has 1 rings (SSSR count). The Labute approximate surface area is 170 Å². The number of carbonyl (C=O) groups excluding carboxylic acids is 3. The highest BCUT2D eigenvalue weighted by atomic mass is 16.5. The van der Waals surface area contributed by atoms with Gasteiger partial charge in [-0.2, -0.15) is 5.26 Å². The fourth-order valence-corrected chi connectivity index (χ4v) is 2.10. The van der Waals surface area contributed by atoms with Gasteiger partial charge in [0.1, 0.15) is 17.3 Å². The average Bonchev–Trinajstić information content (AvgIpc) is 2.70. The van der Waals surface area contributed by atoms with E-state index in [1.807, 2.05) is 6.07 Å². The molecule has 1 aromatic carbocycles. The van der Waals surface area contributed by atoms with Crippen LogP contribution in [0.4, 0.5) is 0 Å². The second-order valence-corrected chi connectivity index (χ2v) is 6.96. The Morgan fingerprint density at radius 2 is 1.83 bits per heavy atom. The number of nitriles is 1. The Hall–Kier alpha value is -3.34. The van der Waals surface area contributed by atoms with Gasteiger partial charge in [-0.3, -0.25) is 9.59 Å². The topological polar surface area (TPSA) is 118 Å². The van der Waals surface area contributed by atoms with Crippen molar-refractivity contribution in [1.82, 2.24) is 10.6 Å². The van der Waals surface area contributed by atoms with Crippen LogP contribution in [0, 0.1) is 17.2 Å². The lowest BCUT2D eigenvalue weighted by Crippen LogP contribution is -2.50. The second-order valence-electron chi connectivity index (χ2n) is 6.96. The molecule has 0 fully saturated rings. The van der Waals surface area contributed by atoms with Crippen molar-refractivity contribution < 1.29 is 23.9 Å². The smallest absolute Gasteiger partial charge is 0.328 e. The molecular formula is C21H27N3O5. The summed E-state index contributed by atoms with van der Waals surface area (Å²) in [4.78, 5) is 35.9. The van der Waals surface area contributed by atoms with Gasteiger partial charge in [-0.25, -0.2) is 4.79 Å². The highest BCUT2D eigenvalue weighted by molar-refractivity contribution is 5.94. The number of hydrogen-bond acceptors (Lipinski definition) is 6. The average molecular weight is 401 g/mol. The normalized spacial score (nSPS) is 13.8. The summed E-state index contributed by atoms with van der Waals surface area (Å²) < 4.78 is 9.97. The number of nitrogens with zero attached hydrogens (tertiary/aromatic N) is 1. The minimum Gasteiger partial charge on any atom is -0.497 e. The first-order chi connectivity index (χ1) is 13.6. The fourth-order valence-electron chi connectivity index (χ4n) is 2.10. The van der Waals surface area contributed by atoms with Crippen LogP contribution in [0.15, 0.2) is 30.3 Å². The molecule has 8 heteroatoms. The van der Waals surface area contributed by atoms with E-state index < -0.39 is 36.0 Å². The molecule has 1 aromatic rings. The molecule has 0 bridgehead atoms. The summed E-state index contributed by atoms with van der Waals surface area (Å²) >= 11 is 0. The number of hydrogen-bond donors (Lipinski definition) is 2. The number of benzene rings is 1. The first kappa shape index (κ1) is 23.7. The standard InChI is InChI=1S/C21H27N3O5/c1-14(2)21(4,13-22)24-19(26)12-29-20(27)15(3)23-18(25)11-8-16-6-9-17(28-5)10-7-16/h6-11,14-15H,12H2,1-5H3,(H,23,25)(H,24,26)/b11-8+/t15-,21-/m1/s1. The van der Waals surface area contributed by atoms with Gasteiger partial charge in [0.15, 0.2) is 6.61 Å². The minimum atomic E-state index is -1.06. The molecule has 2 amide bonds. The number of esters is 1. The zero-order valence-corrected chi connectivity index (χ0v) is 17.3. The van der Waals surface area contributed by atoms with Crippen LogP contribution in [0.2, 0.25) is 0 Å². The predicted octanol–water partition coefficient (Wildman–Crippen LogP) is 1.81.